The number of hydrogen-bond donors (Lipinski definition) is 1. The Hall–Kier alpha value is -1.52. The van der Waals surface area contributed by atoms with Crippen LogP contribution in [0.1, 0.15) is 18.4 Å². The molecule has 0 amide bonds. The average Bonchev–Trinajstić information content (AvgIpc) is 2.46. The van der Waals surface area contributed by atoms with Crippen molar-refractivity contribution in [2.24, 2.45) is 0 Å². The number of anilines is 1. The fourth-order valence-electron chi connectivity index (χ4n) is 1.14. The van der Waals surface area contributed by atoms with E-state index < -0.39 is 0 Å². The van der Waals surface area contributed by atoms with Crippen molar-refractivity contribution in [3.05, 3.63) is 11.8 Å². The van der Waals surface area contributed by atoms with Crippen molar-refractivity contribution >= 4 is 11.8 Å². The van der Waals surface area contributed by atoms with Crippen molar-refractivity contribution in [1.29, 1.82) is 0 Å². The lowest BCUT2D eigenvalue weighted by molar-refractivity contribution is -0.140. The standard InChI is InChI=1S/C9H15N3O2/c1-7-6-12(11-9(7)10)5-3-4-8(13)14-2/h6H,3-5H2,1-2H3,(H2,10,11). The number of rotatable bonds is 4. The number of nitrogens with zero attached hydrogens (tertiary/aromatic N) is 2. The van der Waals surface area contributed by atoms with Crippen LogP contribution in [0.2, 0.25) is 0 Å². The minimum Gasteiger partial charge on any atom is -0.469 e. The highest BCUT2D eigenvalue weighted by atomic mass is 16.5. The Bertz CT molecular complexity index is 300. The molecule has 0 saturated heterocycles. The molecule has 0 spiro atoms. The molecule has 2 N–H and O–H groups in total. The molecule has 0 bridgehead atoms. The SMILES string of the molecule is COC(=O)CCCn1cc(C)c(N)n1. The first-order chi connectivity index (χ1) is 6.63. The van der Waals surface area contributed by atoms with Crippen LogP contribution in [0, 0.1) is 6.92 Å². The lowest BCUT2D eigenvalue weighted by Crippen LogP contribution is -2.04. The smallest absolute Gasteiger partial charge is 0.305 e. The van der Waals surface area contributed by atoms with Crippen LogP contribution in [0.3, 0.4) is 0 Å². The van der Waals surface area contributed by atoms with E-state index in [2.05, 4.69) is 9.84 Å². The predicted molar refractivity (Wildman–Crippen MR) is 52.6 cm³/mol. The van der Waals surface area contributed by atoms with Gasteiger partial charge in [-0.05, 0) is 13.3 Å². The predicted octanol–water partition coefficient (Wildman–Crippen LogP) is 0.727. The van der Waals surface area contributed by atoms with Crippen LogP contribution in [0.25, 0.3) is 0 Å². The van der Waals surface area contributed by atoms with E-state index in [0.717, 1.165) is 5.56 Å². The Labute approximate surface area is 82.8 Å². The van der Waals surface area contributed by atoms with Gasteiger partial charge in [0.25, 0.3) is 0 Å². The summed E-state index contributed by atoms with van der Waals surface area (Å²) in [7, 11) is 1.39. The zero-order valence-corrected chi connectivity index (χ0v) is 8.49. The molecule has 78 valence electrons. The Balaban J connectivity index is 2.35. The number of esters is 1. The third kappa shape index (κ3) is 2.76. The second-order valence-electron chi connectivity index (χ2n) is 3.14. The molecule has 0 aliphatic heterocycles. The van der Waals surface area contributed by atoms with Gasteiger partial charge < -0.3 is 10.5 Å². The van der Waals surface area contributed by atoms with Crippen LogP contribution < -0.4 is 5.73 Å². The summed E-state index contributed by atoms with van der Waals surface area (Å²) in [5, 5.41) is 4.08. The van der Waals surface area contributed by atoms with Crippen molar-refractivity contribution in [1.82, 2.24) is 9.78 Å². The molecule has 1 rings (SSSR count). The summed E-state index contributed by atoms with van der Waals surface area (Å²) in [6.45, 7) is 2.59. The van der Waals surface area contributed by atoms with Crippen molar-refractivity contribution in [2.75, 3.05) is 12.8 Å². The minimum absolute atomic E-state index is 0.193. The third-order valence-corrected chi connectivity index (χ3v) is 1.98. The summed E-state index contributed by atoms with van der Waals surface area (Å²) in [5.74, 6) is 0.352. The zero-order chi connectivity index (χ0) is 10.6. The highest BCUT2D eigenvalue weighted by molar-refractivity contribution is 5.68. The third-order valence-electron chi connectivity index (χ3n) is 1.98. The molecule has 0 unspecified atom stereocenters. The molecule has 0 aliphatic rings. The van der Waals surface area contributed by atoms with E-state index in [9.17, 15) is 4.79 Å². The second kappa shape index (κ2) is 4.64. The minimum atomic E-state index is -0.193. The number of aromatic nitrogens is 2. The molecule has 0 fully saturated rings. The lowest BCUT2D eigenvalue weighted by Gasteiger charge is -1.99. The van der Waals surface area contributed by atoms with Gasteiger partial charge in [0.1, 0.15) is 5.82 Å². The molecule has 5 heteroatoms. The number of methoxy groups -OCH3 is 1. The Kier molecular flexibility index (Phi) is 3.50. The fourth-order valence-corrected chi connectivity index (χ4v) is 1.14. The highest BCUT2D eigenvalue weighted by Crippen LogP contribution is 2.07. The van der Waals surface area contributed by atoms with Gasteiger partial charge in [-0.1, -0.05) is 0 Å². The first-order valence-corrected chi connectivity index (χ1v) is 4.50. The van der Waals surface area contributed by atoms with Crippen molar-refractivity contribution in [2.45, 2.75) is 26.3 Å². The monoisotopic (exact) mass is 197 g/mol. The first kappa shape index (κ1) is 10.6. The van der Waals surface area contributed by atoms with Gasteiger partial charge in [-0.2, -0.15) is 5.10 Å². The van der Waals surface area contributed by atoms with E-state index >= 15 is 0 Å². The van der Waals surface area contributed by atoms with E-state index in [1.54, 1.807) is 4.68 Å². The number of carbonyl (C=O) groups excluding carboxylic acids is 1. The molecule has 0 radical (unpaired) electrons. The second-order valence-corrected chi connectivity index (χ2v) is 3.14. The lowest BCUT2D eigenvalue weighted by atomic mass is 10.3. The summed E-state index contributed by atoms with van der Waals surface area (Å²) in [6, 6.07) is 0. The van der Waals surface area contributed by atoms with Gasteiger partial charge >= 0.3 is 5.97 Å². The number of carbonyl (C=O) groups is 1. The highest BCUT2D eigenvalue weighted by Gasteiger charge is 2.02. The van der Waals surface area contributed by atoms with Crippen LogP contribution in [0.4, 0.5) is 5.82 Å². The van der Waals surface area contributed by atoms with Gasteiger partial charge in [-0.3, -0.25) is 9.48 Å². The van der Waals surface area contributed by atoms with Crippen LogP contribution in [0.15, 0.2) is 6.20 Å². The molecule has 0 aromatic carbocycles. The number of hydrogen-bond acceptors (Lipinski definition) is 4. The molecule has 0 atom stereocenters. The fraction of sp³-hybridized carbons (Fsp3) is 0.556. The van der Waals surface area contributed by atoms with E-state index in [1.807, 2.05) is 13.1 Å². The quantitative estimate of drug-likeness (QED) is 0.722. The van der Waals surface area contributed by atoms with Gasteiger partial charge in [0.2, 0.25) is 0 Å². The molecular formula is C9H15N3O2. The van der Waals surface area contributed by atoms with Gasteiger partial charge in [-0.25, -0.2) is 0 Å². The van der Waals surface area contributed by atoms with Crippen LogP contribution in [-0.2, 0) is 16.1 Å². The van der Waals surface area contributed by atoms with Crippen molar-refractivity contribution < 1.29 is 9.53 Å². The summed E-state index contributed by atoms with van der Waals surface area (Å²) >= 11 is 0. The molecule has 0 aliphatic carbocycles. The molecule has 5 nitrogen and oxygen atoms in total. The molecular weight excluding hydrogens is 182 g/mol. The number of aryl methyl sites for hydroxylation is 2. The zero-order valence-electron chi connectivity index (χ0n) is 8.49. The van der Waals surface area contributed by atoms with E-state index in [0.29, 0.717) is 25.2 Å². The van der Waals surface area contributed by atoms with Crippen LogP contribution in [-0.4, -0.2) is 22.9 Å². The maximum atomic E-state index is 10.8. The summed E-state index contributed by atoms with van der Waals surface area (Å²) < 4.78 is 6.27. The van der Waals surface area contributed by atoms with Crippen molar-refractivity contribution in [3.8, 4) is 0 Å². The van der Waals surface area contributed by atoms with E-state index in [-0.39, 0.29) is 5.97 Å². The maximum absolute atomic E-state index is 10.8. The number of ether oxygens (including phenoxy) is 1. The molecule has 1 heterocycles. The summed E-state index contributed by atoms with van der Waals surface area (Å²) in [4.78, 5) is 10.8. The molecule has 1 aromatic rings. The van der Waals surface area contributed by atoms with E-state index in [1.165, 1.54) is 7.11 Å². The van der Waals surface area contributed by atoms with Gasteiger partial charge in [0.15, 0.2) is 0 Å². The summed E-state index contributed by atoms with van der Waals surface area (Å²) in [6.07, 6.45) is 3.00. The molecule has 0 saturated carbocycles. The average molecular weight is 197 g/mol. The first-order valence-electron chi connectivity index (χ1n) is 4.50. The topological polar surface area (TPSA) is 70.1 Å². The van der Waals surface area contributed by atoms with Crippen LogP contribution in [0.5, 0.6) is 0 Å². The number of nitrogens with two attached hydrogens (primary N) is 1. The van der Waals surface area contributed by atoms with Crippen LogP contribution >= 0.6 is 0 Å². The van der Waals surface area contributed by atoms with Crippen molar-refractivity contribution in [3.63, 3.8) is 0 Å². The maximum Gasteiger partial charge on any atom is 0.305 e. The van der Waals surface area contributed by atoms with E-state index in [4.69, 9.17) is 5.73 Å². The van der Waals surface area contributed by atoms with Gasteiger partial charge in [0, 0.05) is 24.7 Å². The van der Waals surface area contributed by atoms with Gasteiger partial charge in [-0.15, -0.1) is 0 Å². The number of nitrogen functional groups attached to an aromatic ring is 1. The molecule has 1 aromatic heterocycles. The molecule has 14 heavy (non-hydrogen) atoms. The van der Waals surface area contributed by atoms with Gasteiger partial charge in [0.05, 0.1) is 7.11 Å². The Morgan fingerprint density at radius 3 is 2.93 bits per heavy atom. The normalized spacial score (nSPS) is 10.1. The Morgan fingerprint density at radius 1 is 1.71 bits per heavy atom. The summed E-state index contributed by atoms with van der Waals surface area (Å²) in [5.41, 5.74) is 6.54. The Morgan fingerprint density at radius 2 is 2.43 bits per heavy atom. The largest absolute Gasteiger partial charge is 0.469 e.